The second kappa shape index (κ2) is 8.17. The molecular formula is C19H26N2O4S. The Labute approximate surface area is 158 Å². The lowest BCUT2D eigenvalue weighted by Gasteiger charge is -2.38. The van der Waals surface area contributed by atoms with Crippen molar-refractivity contribution < 1.29 is 19.4 Å². The van der Waals surface area contributed by atoms with Crippen molar-refractivity contribution in [2.24, 2.45) is 0 Å². The molecule has 142 valence electrons. The zero-order valence-corrected chi connectivity index (χ0v) is 15.5. The van der Waals surface area contributed by atoms with Crippen LogP contribution in [0.5, 0.6) is 0 Å². The molecule has 1 aromatic carbocycles. The van der Waals surface area contributed by atoms with Gasteiger partial charge in [0.1, 0.15) is 6.10 Å². The van der Waals surface area contributed by atoms with E-state index >= 15 is 0 Å². The first-order valence-corrected chi connectivity index (χ1v) is 10.3. The van der Waals surface area contributed by atoms with E-state index in [9.17, 15) is 9.90 Å². The Balaban J connectivity index is 1.39. The van der Waals surface area contributed by atoms with Crippen LogP contribution < -0.4 is 10.6 Å². The minimum atomic E-state index is -0.733. The molecule has 2 heterocycles. The number of hydrogen-bond acceptors (Lipinski definition) is 5. The predicted octanol–water partition coefficient (Wildman–Crippen LogP) is 2.26. The molecule has 26 heavy (non-hydrogen) atoms. The smallest absolute Gasteiger partial charge is 0.315 e. The molecule has 2 saturated heterocycles. The molecule has 0 aromatic heterocycles. The fourth-order valence-electron chi connectivity index (χ4n) is 3.97. The van der Waals surface area contributed by atoms with E-state index in [1.54, 1.807) is 0 Å². The standard InChI is InChI=1S/C19H26N2O4S/c22-16-15(21-19(23)20-12-7-3-1-4-8-12)14-11-24-18(25-14)17(16)26-13-9-5-2-6-10-13/h2,5-6,9-10,12,14-18,22H,1,3-4,7-8,11H2,(H2,20,21,23)/t14-,15+,16-,17-,18+/m0/s1. The van der Waals surface area contributed by atoms with Gasteiger partial charge in [-0.05, 0) is 25.0 Å². The summed E-state index contributed by atoms with van der Waals surface area (Å²) in [5.41, 5.74) is 0. The first-order chi connectivity index (χ1) is 12.7. The van der Waals surface area contributed by atoms with Gasteiger partial charge in [0.25, 0.3) is 0 Å². The van der Waals surface area contributed by atoms with Crippen LogP contribution >= 0.6 is 11.8 Å². The number of urea groups is 1. The van der Waals surface area contributed by atoms with Crippen molar-refractivity contribution in [1.82, 2.24) is 10.6 Å². The molecule has 3 aliphatic rings. The Morgan fingerprint density at radius 2 is 1.88 bits per heavy atom. The summed E-state index contributed by atoms with van der Waals surface area (Å²) in [7, 11) is 0. The van der Waals surface area contributed by atoms with Crippen molar-refractivity contribution in [3.8, 4) is 0 Å². The maximum atomic E-state index is 12.4. The van der Waals surface area contributed by atoms with Gasteiger partial charge >= 0.3 is 6.03 Å². The maximum absolute atomic E-state index is 12.4. The van der Waals surface area contributed by atoms with E-state index in [0.29, 0.717) is 6.61 Å². The van der Waals surface area contributed by atoms with Crippen LogP contribution in [-0.2, 0) is 9.47 Å². The monoisotopic (exact) mass is 378 g/mol. The molecule has 6 nitrogen and oxygen atoms in total. The second-order valence-electron chi connectivity index (χ2n) is 7.24. The van der Waals surface area contributed by atoms with Crippen molar-refractivity contribution in [1.29, 1.82) is 0 Å². The highest BCUT2D eigenvalue weighted by Crippen LogP contribution is 2.38. The molecule has 2 bridgehead atoms. The van der Waals surface area contributed by atoms with E-state index in [4.69, 9.17) is 9.47 Å². The number of nitrogens with one attached hydrogen (secondary N) is 2. The number of fused-ring (bicyclic) bond motifs is 2. The number of amides is 2. The number of aliphatic hydroxyl groups excluding tert-OH is 1. The van der Waals surface area contributed by atoms with Crippen molar-refractivity contribution >= 4 is 17.8 Å². The van der Waals surface area contributed by atoms with Gasteiger partial charge in [-0.15, -0.1) is 11.8 Å². The number of benzene rings is 1. The van der Waals surface area contributed by atoms with E-state index in [1.165, 1.54) is 18.2 Å². The Morgan fingerprint density at radius 3 is 2.65 bits per heavy atom. The third-order valence-electron chi connectivity index (χ3n) is 5.36. The molecule has 2 aliphatic heterocycles. The number of aliphatic hydroxyl groups is 1. The molecule has 1 aliphatic carbocycles. The average Bonchev–Trinajstić information content (AvgIpc) is 3.10. The molecule has 5 atom stereocenters. The number of carbonyl (C=O) groups is 1. The Morgan fingerprint density at radius 1 is 1.12 bits per heavy atom. The summed E-state index contributed by atoms with van der Waals surface area (Å²) in [6.45, 7) is 0.391. The van der Waals surface area contributed by atoms with Gasteiger partial charge in [-0.2, -0.15) is 0 Å². The van der Waals surface area contributed by atoms with Gasteiger partial charge < -0.3 is 25.2 Å². The summed E-state index contributed by atoms with van der Waals surface area (Å²) < 4.78 is 11.6. The second-order valence-corrected chi connectivity index (χ2v) is 8.49. The Bertz CT molecular complexity index is 611. The highest BCUT2D eigenvalue weighted by molar-refractivity contribution is 8.00. The van der Waals surface area contributed by atoms with E-state index in [-0.39, 0.29) is 23.4 Å². The molecular weight excluding hydrogens is 352 g/mol. The van der Waals surface area contributed by atoms with Crippen LogP contribution in [0.3, 0.4) is 0 Å². The summed E-state index contributed by atoms with van der Waals surface area (Å²) in [5, 5.41) is 16.6. The Hall–Kier alpha value is -1.28. The van der Waals surface area contributed by atoms with Gasteiger partial charge in [-0.1, -0.05) is 37.5 Å². The van der Waals surface area contributed by atoms with Gasteiger partial charge in [0.05, 0.1) is 24.0 Å². The zero-order valence-electron chi connectivity index (χ0n) is 14.7. The van der Waals surface area contributed by atoms with Crippen LogP contribution in [0.1, 0.15) is 32.1 Å². The van der Waals surface area contributed by atoms with Crippen LogP contribution in [-0.4, -0.2) is 53.6 Å². The third-order valence-corrected chi connectivity index (χ3v) is 6.68. The molecule has 1 aromatic rings. The van der Waals surface area contributed by atoms with Crippen LogP contribution in [0.25, 0.3) is 0 Å². The number of ether oxygens (including phenoxy) is 2. The SMILES string of the molecule is O=C(NC1CCCCC1)N[C@H]1[C@H](O)[C@H](Sc2ccccc2)[C@@H]2OC[C@@H]1O2. The van der Waals surface area contributed by atoms with Crippen LogP contribution in [0, 0.1) is 0 Å². The van der Waals surface area contributed by atoms with E-state index in [0.717, 1.165) is 30.6 Å². The van der Waals surface area contributed by atoms with Gasteiger partial charge in [-0.3, -0.25) is 0 Å². The minimum absolute atomic E-state index is 0.224. The molecule has 7 heteroatoms. The first-order valence-electron chi connectivity index (χ1n) is 9.44. The molecule has 1 saturated carbocycles. The lowest BCUT2D eigenvalue weighted by atomic mass is 9.95. The highest BCUT2D eigenvalue weighted by Gasteiger charge is 2.51. The number of thioether (sulfide) groups is 1. The molecule has 2 amide bonds. The quantitative estimate of drug-likeness (QED) is 0.749. The van der Waals surface area contributed by atoms with Crippen LogP contribution in [0.2, 0.25) is 0 Å². The van der Waals surface area contributed by atoms with E-state index in [1.807, 2.05) is 30.3 Å². The fourth-order valence-corrected chi connectivity index (χ4v) is 5.16. The van der Waals surface area contributed by atoms with Crippen LogP contribution in [0.4, 0.5) is 4.79 Å². The highest BCUT2D eigenvalue weighted by atomic mass is 32.2. The molecule has 3 fully saturated rings. The summed E-state index contributed by atoms with van der Waals surface area (Å²) in [6.07, 6.45) is 4.13. The lowest BCUT2D eigenvalue weighted by Crippen LogP contribution is -2.61. The summed E-state index contributed by atoms with van der Waals surface area (Å²) in [4.78, 5) is 13.5. The van der Waals surface area contributed by atoms with E-state index in [2.05, 4.69) is 10.6 Å². The third kappa shape index (κ3) is 4.01. The maximum Gasteiger partial charge on any atom is 0.315 e. The summed E-state index contributed by atoms with van der Waals surface area (Å²) in [6, 6.07) is 9.41. The lowest BCUT2D eigenvalue weighted by molar-refractivity contribution is -0.121. The van der Waals surface area contributed by atoms with Gasteiger partial charge in [-0.25, -0.2) is 4.79 Å². The minimum Gasteiger partial charge on any atom is -0.389 e. The topological polar surface area (TPSA) is 79.8 Å². The van der Waals surface area contributed by atoms with Gasteiger partial charge in [0.2, 0.25) is 0 Å². The summed E-state index contributed by atoms with van der Waals surface area (Å²) in [5.74, 6) is 0. The Kier molecular flexibility index (Phi) is 5.69. The van der Waals surface area contributed by atoms with E-state index < -0.39 is 18.4 Å². The molecule has 0 radical (unpaired) electrons. The fraction of sp³-hybridized carbons (Fsp3) is 0.632. The van der Waals surface area contributed by atoms with Crippen molar-refractivity contribution in [3.63, 3.8) is 0 Å². The summed E-state index contributed by atoms with van der Waals surface area (Å²) >= 11 is 1.53. The predicted molar refractivity (Wildman–Crippen MR) is 99.0 cm³/mol. The van der Waals surface area contributed by atoms with Gasteiger partial charge in [0.15, 0.2) is 6.29 Å². The largest absolute Gasteiger partial charge is 0.389 e. The normalized spacial score (nSPS) is 34.4. The van der Waals surface area contributed by atoms with Crippen LogP contribution in [0.15, 0.2) is 35.2 Å². The van der Waals surface area contributed by atoms with Crippen molar-refractivity contribution in [3.05, 3.63) is 30.3 Å². The average molecular weight is 378 g/mol. The molecule has 3 N–H and O–H groups in total. The van der Waals surface area contributed by atoms with Crippen molar-refractivity contribution in [2.45, 2.75) is 72.8 Å². The molecule has 0 spiro atoms. The van der Waals surface area contributed by atoms with Crippen molar-refractivity contribution in [2.75, 3.05) is 6.61 Å². The number of rotatable bonds is 4. The number of hydrogen-bond donors (Lipinski definition) is 3. The first kappa shape index (κ1) is 18.1. The zero-order chi connectivity index (χ0) is 17.9. The number of carbonyl (C=O) groups excluding carboxylic acids is 1. The molecule has 0 unspecified atom stereocenters. The van der Waals surface area contributed by atoms with Gasteiger partial charge in [0, 0.05) is 10.9 Å². The molecule has 4 rings (SSSR count).